The molecule has 3 atom stereocenters. The summed E-state index contributed by atoms with van der Waals surface area (Å²) in [6.07, 6.45) is 2.13. The quantitative estimate of drug-likeness (QED) is 0.643. The summed E-state index contributed by atoms with van der Waals surface area (Å²) in [4.78, 5) is 11.0. The maximum Gasteiger partial charge on any atom is 0.222 e. The molecule has 0 radical (unpaired) electrons. The summed E-state index contributed by atoms with van der Waals surface area (Å²) in [5, 5.41) is 3.31. The minimum atomic E-state index is -0.291. The average Bonchev–Trinajstić information content (AvgIpc) is 2.58. The smallest absolute Gasteiger partial charge is 0.222 e. The predicted molar refractivity (Wildman–Crippen MR) is 50.2 cm³/mol. The molecule has 1 amide bonds. The molecule has 0 aromatic heterocycles. The lowest BCUT2D eigenvalue weighted by Crippen LogP contribution is -2.44. The number of hydrogen-bond acceptors (Lipinski definition) is 3. The van der Waals surface area contributed by atoms with Crippen molar-refractivity contribution in [3.05, 3.63) is 0 Å². The SMILES string of the molecule is CO[C@@H]([C@@H]1CCCN1)[C@H](C)C(N)=O. The summed E-state index contributed by atoms with van der Waals surface area (Å²) >= 11 is 0. The van der Waals surface area contributed by atoms with Crippen LogP contribution in [0.2, 0.25) is 0 Å². The summed E-state index contributed by atoms with van der Waals surface area (Å²) in [7, 11) is 1.63. The van der Waals surface area contributed by atoms with Crippen molar-refractivity contribution in [1.29, 1.82) is 0 Å². The number of ether oxygens (including phenoxy) is 1. The molecule has 1 aliphatic heterocycles. The van der Waals surface area contributed by atoms with Crippen LogP contribution in [0, 0.1) is 5.92 Å². The third kappa shape index (κ3) is 2.42. The van der Waals surface area contributed by atoms with Crippen LogP contribution in [0.15, 0.2) is 0 Å². The van der Waals surface area contributed by atoms with E-state index in [1.807, 2.05) is 6.92 Å². The molecule has 0 aromatic carbocycles. The zero-order valence-corrected chi connectivity index (χ0v) is 8.25. The Morgan fingerprint density at radius 3 is 2.77 bits per heavy atom. The van der Waals surface area contributed by atoms with Gasteiger partial charge in [-0.15, -0.1) is 0 Å². The summed E-state index contributed by atoms with van der Waals surface area (Å²) in [6, 6.07) is 0.285. The third-order valence-corrected chi connectivity index (χ3v) is 2.71. The van der Waals surface area contributed by atoms with Crippen molar-refractivity contribution >= 4 is 5.91 Å². The zero-order chi connectivity index (χ0) is 9.84. The molecule has 4 heteroatoms. The Kier molecular flexibility index (Phi) is 3.69. The van der Waals surface area contributed by atoms with Crippen molar-refractivity contribution in [3.63, 3.8) is 0 Å². The van der Waals surface area contributed by atoms with Gasteiger partial charge in [0.15, 0.2) is 0 Å². The van der Waals surface area contributed by atoms with Gasteiger partial charge in [0, 0.05) is 13.2 Å². The molecule has 0 aromatic rings. The first kappa shape index (κ1) is 10.5. The summed E-state index contributed by atoms with van der Waals surface area (Å²) in [5.74, 6) is -0.513. The number of nitrogens with two attached hydrogens (primary N) is 1. The van der Waals surface area contributed by atoms with Gasteiger partial charge in [0.1, 0.15) is 0 Å². The van der Waals surface area contributed by atoms with Crippen molar-refractivity contribution < 1.29 is 9.53 Å². The zero-order valence-electron chi connectivity index (χ0n) is 8.25. The Labute approximate surface area is 78.8 Å². The van der Waals surface area contributed by atoms with Crippen LogP contribution in [-0.2, 0) is 9.53 Å². The number of hydrogen-bond donors (Lipinski definition) is 2. The molecule has 0 aliphatic carbocycles. The predicted octanol–water partition coefficient (Wildman–Crippen LogP) is -0.125. The van der Waals surface area contributed by atoms with Crippen molar-refractivity contribution in [2.75, 3.05) is 13.7 Å². The highest BCUT2D eigenvalue weighted by molar-refractivity contribution is 5.77. The van der Waals surface area contributed by atoms with Gasteiger partial charge in [0.25, 0.3) is 0 Å². The topological polar surface area (TPSA) is 64.3 Å². The van der Waals surface area contributed by atoms with Gasteiger partial charge in [0.2, 0.25) is 5.91 Å². The van der Waals surface area contributed by atoms with E-state index in [0.29, 0.717) is 0 Å². The van der Waals surface area contributed by atoms with Crippen LogP contribution in [0.1, 0.15) is 19.8 Å². The van der Waals surface area contributed by atoms with Gasteiger partial charge in [-0.25, -0.2) is 0 Å². The second-order valence-corrected chi connectivity index (χ2v) is 3.59. The molecule has 0 spiro atoms. The van der Waals surface area contributed by atoms with Gasteiger partial charge in [-0.1, -0.05) is 6.92 Å². The lowest BCUT2D eigenvalue weighted by molar-refractivity contribution is -0.126. The minimum absolute atomic E-state index is 0.0833. The fraction of sp³-hybridized carbons (Fsp3) is 0.889. The van der Waals surface area contributed by atoms with Crippen LogP contribution in [0.5, 0.6) is 0 Å². The molecule has 13 heavy (non-hydrogen) atoms. The monoisotopic (exact) mass is 186 g/mol. The van der Waals surface area contributed by atoms with Gasteiger partial charge in [0.05, 0.1) is 12.0 Å². The Morgan fingerprint density at radius 2 is 2.38 bits per heavy atom. The second kappa shape index (κ2) is 4.58. The van der Waals surface area contributed by atoms with Crippen molar-refractivity contribution in [2.24, 2.45) is 11.7 Å². The van der Waals surface area contributed by atoms with Gasteiger partial charge in [-0.2, -0.15) is 0 Å². The molecule has 1 heterocycles. The molecule has 0 unspecified atom stereocenters. The Morgan fingerprint density at radius 1 is 1.69 bits per heavy atom. The maximum absolute atomic E-state index is 11.0. The molecule has 3 N–H and O–H groups in total. The number of methoxy groups -OCH3 is 1. The van der Waals surface area contributed by atoms with E-state index < -0.39 is 0 Å². The highest BCUT2D eigenvalue weighted by Crippen LogP contribution is 2.18. The normalized spacial score (nSPS) is 27.1. The van der Waals surface area contributed by atoms with Crippen molar-refractivity contribution in [2.45, 2.75) is 31.9 Å². The molecule has 0 saturated carbocycles. The second-order valence-electron chi connectivity index (χ2n) is 3.59. The first-order chi connectivity index (χ1) is 6.16. The van der Waals surface area contributed by atoms with Crippen molar-refractivity contribution in [3.8, 4) is 0 Å². The molecular formula is C9H18N2O2. The molecule has 4 nitrogen and oxygen atoms in total. The summed E-state index contributed by atoms with van der Waals surface area (Å²) in [5.41, 5.74) is 5.23. The average molecular weight is 186 g/mol. The maximum atomic E-state index is 11.0. The van der Waals surface area contributed by atoms with E-state index in [9.17, 15) is 4.79 Å². The Balaban J connectivity index is 2.54. The lowest BCUT2D eigenvalue weighted by atomic mass is 9.96. The van der Waals surface area contributed by atoms with Crippen LogP contribution < -0.4 is 11.1 Å². The minimum Gasteiger partial charge on any atom is -0.379 e. The standard InChI is InChI=1S/C9H18N2O2/c1-6(9(10)12)8(13-2)7-4-3-5-11-7/h6-8,11H,3-5H2,1-2H3,(H2,10,12)/t6-,7-,8+/m0/s1. The van der Waals surface area contributed by atoms with Gasteiger partial charge in [-0.05, 0) is 19.4 Å². The molecule has 1 rings (SSSR count). The van der Waals surface area contributed by atoms with E-state index >= 15 is 0 Å². The molecule has 1 fully saturated rings. The number of rotatable bonds is 4. The number of nitrogens with one attached hydrogen (secondary N) is 1. The first-order valence-electron chi connectivity index (χ1n) is 4.72. The highest BCUT2D eigenvalue weighted by atomic mass is 16.5. The number of carbonyl (C=O) groups is 1. The van der Waals surface area contributed by atoms with Gasteiger partial charge in [-0.3, -0.25) is 4.79 Å². The molecule has 76 valence electrons. The van der Waals surface area contributed by atoms with Crippen LogP contribution in [-0.4, -0.2) is 31.7 Å². The number of amides is 1. The molecular weight excluding hydrogens is 168 g/mol. The van der Waals surface area contributed by atoms with E-state index in [-0.39, 0.29) is 24.0 Å². The van der Waals surface area contributed by atoms with E-state index in [1.54, 1.807) is 7.11 Å². The largest absolute Gasteiger partial charge is 0.379 e. The summed E-state index contributed by atoms with van der Waals surface area (Å²) in [6.45, 7) is 2.83. The highest BCUT2D eigenvalue weighted by Gasteiger charge is 2.31. The van der Waals surface area contributed by atoms with Crippen LogP contribution in [0.25, 0.3) is 0 Å². The van der Waals surface area contributed by atoms with Crippen molar-refractivity contribution in [1.82, 2.24) is 5.32 Å². The Hall–Kier alpha value is -0.610. The molecule has 0 bridgehead atoms. The first-order valence-corrected chi connectivity index (χ1v) is 4.72. The fourth-order valence-electron chi connectivity index (χ4n) is 1.87. The number of carbonyl (C=O) groups excluding carboxylic acids is 1. The summed E-state index contributed by atoms with van der Waals surface area (Å²) < 4.78 is 5.29. The lowest BCUT2D eigenvalue weighted by Gasteiger charge is -2.26. The van der Waals surface area contributed by atoms with E-state index in [2.05, 4.69) is 5.32 Å². The molecule has 1 saturated heterocycles. The van der Waals surface area contributed by atoms with E-state index in [0.717, 1.165) is 19.4 Å². The van der Waals surface area contributed by atoms with E-state index in [4.69, 9.17) is 10.5 Å². The Bertz CT molecular complexity index is 178. The van der Waals surface area contributed by atoms with Gasteiger partial charge < -0.3 is 15.8 Å². The van der Waals surface area contributed by atoms with Crippen LogP contribution >= 0.6 is 0 Å². The fourth-order valence-corrected chi connectivity index (χ4v) is 1.87. The van der Waals surface area contributed by atoms with E-state index in [1.165, 1.54) is 0 Å². The molecule has 1 aliphatic rings. The van der Waals surface area contributed by atoms with Gasteiger partial charge >= 0.3 is 0 Å². The third-order valence-electron chi connectivity index (χ3n) is 2.71. The number of primary amides is 1. The van der Waals surface area contributed by atoms with Crippen LogP contribution in [0.3, 0.4) is 0 Å². The van der Waals surface area contributed by atoms with Crippen LogP contribution in [0.4, 0.5) is 0 Å².